The molecule has 0 fully saturated rings. The summed E-state index contributed by atoms with van der Waals surface area (Å²) in [7, 11) is 0. The molecule has 2 aromatic rings. The predicted molar refractivity (Wildman–Crippen MR) is 105 cm³/mol. The van der Waals surface area contributed by atoms with Crippen molar-refractivity contribution in [3.63, 3.8) is 0 Å². The molecular weight excluding hydrogens is 346 g/mol. The molecule has 1 N–H and O–H groups in total. The van der Waals surface area contributed by atoms with Gasteiger partial charge in [0, 0.05) is 30.6 Å². The van der Waals surface area contributed by atoms with Gasteiger partial charge in [-0.05, 0) is 24.5 Å². The van der Waals surface area contributed by atoms with Crippen LogP contribution in [0, 0.1) is 0 Å². The van der Waals surface area contributed by atoms with Crippen LogP contribution in [0.1, 0.15) is 53.9 Å². The number of para-hydroxylation sites is 1. The lowest BCUT2D eigenvalue weighted by Crippen LogP contribution is -2.37. The average Bonchev–Trinajstić information content (AvgIpc) is 3.11. The van der Waals surface area contributed by atoms with Gasteiger partial charge in [-0.3, -0.25) is 9.59 Å². The monoisotopic (exact) mass is 371 g/mol. The predicted octanol–water partition coefficient (Wildman–Crippen LogP) is 3.54. The van der Waals surface area contributed by atoms with Gasteiger partial charge in [-0.15, -0.1) is 11.3 Å². The molecule has 3 rings (SSSR count). The number of hydrogen-bond donors (Lipinski definition) is 1. The Bertz CT molecular complexity index is 807. The zero-order valence-electron chi connectivity index (χ0n) is 15.5. The molecule has 1 aromatic carbocycles. The number of aryl methyl sites for hydroxylation is 1. The maximum atomic E-state index is 12.6. The Kier molecular flexibility index (Phi) is 5.41. The van der Waals surface area contributed by atoms with Crippen LogP contribution in [0.25, 0.3) is 0 Å². The molecule has 0 aliphatic carbocycles. The molecule has 1 aliphatic heterocycles. The van der Waals surface area contributed by atoms with Crippen molar-refractivity contribution >= 4 is 28.8 Å². The fraction of sp³-hybridized carbons (Fsp3) is 0.450. The maximum absolute atomic E-state index is 12.6. The van der Waals surface area contributed by atoms with E-state index in [1.807, 2.05) is 23.1 Å². The Morgan fingerprint density at radius 3 is 2.77 bits per heavy atom. The van der Waals surface area contributed by atoms with Gasteiger partial charge in [0.15, 0.2) is 0 Å². The van der Waals surface area contributed by atoms with E-state index in [0.717, 1.165) is 30.1 Å². The third kappa shape index (κ3) is 4.12. The molecule has 0 spiro atoms. The van der Waals surface area contributed by atoms with Crippen LogP contribution in [-0.2, 0) is 16.6 Å². The topological polar surface area (TPSA) is 62.3 Å². The first-order chi connectivity index (χ1) is 12.4. The zero-order valence-corrected chi connectivity index (χ0v) is 16.4. The third-order valence-corrected chi connectivity index (χ3v) is 5.83. The number of nitrogens with zero attached hydrogens (tertiary/aromatic N) is 2. The molecular formula is C20H25N3O2S. The summed E-state index contributed by atoms with van der Waals surface area (Å²) in [5, 5.41) is 3.78. The molecule has 1 aliphatic rings. The summed E-state index contributed by atoms with van der Waals surface area (Å²) in [6.07, 6.45) is 3.90. The van der Waals surface area contributed by atoms with Crippen molar-refractivity contribution in [1.82, 2.24) is 10.3 Å². The fourth-order valence-electron chi connectivity index (χ4n) is 3.02. The highest BCUT2D eigenvalue weighted by molar-refractivity contribution is 7.13. The van der Waals surface area contributed by atoms with Crippen LogP contribution in [0.3, 0.4) is 0 Å². The van der Waals surface area contributed by atoms with E-state index in [2.05, 4.69) is 37.1 Å². The van der Waals surface area contributed by atoms with E-state index in [-0.39, 0.29) is 17.2 Å². The van der Waals surface area contributed by atoms with Crippen molar-refractivity contribution in [2.45, 2.75) is 45.4 Å². The number of anilines is 1. The van der Waals surface area contributed by atoms with Gasteiger partial charge < -0.3 is 10.2 Å². The summed E-state index contributed by atoms with van der Waals surface area (Å²) in [5.41, 5.74) is 2.16. The van der Waals surface area contributed by atoms with E-state index in [1.165, 1.54) is 16.9 Å². The van der Waals surface area contributed by atoms with Crippen molar-refractivity contribution in [2.24, 2.45) is 0 Å². The van der Waals surface area contributed by atoms with Crippen molar-refractivity contribution in [1.29, 1.82) is 0 Å². The quantitative estimate of drug-likeness (QED) is 0.894. The Balaban J connectivity index is 1.54. The van der Waals surface area contributed by atoms with E-state index >= 15 is 0 Å². The summed E-state index contributed by atoms with van der Waals surface area (Å²) in [4.78, 5) is 31.6. The van der Waals surface area contributed by atoms with Crippen molar-refractivity contribution in [2.75, 3.05) is 18.0 Å². The minimum absolute atomic E-state index is 0.0529. The molecule has 6 heteroatoms. The first-order valence-corrected chi connectivity index (χ1v) is 9.80. The second-order valence-corrected chi connectivity index (χ2v) is 8.59. The largest absolute Gasteiger partial charge is 0.351 e. The summed E-state index contributed by atoms with van der Waals surface area (Å²) in [5.74, 6) is -0.109. The van der Waals surface area contributed by atoms with Crippen LogP contribution in [0.5, 0.6) is 0 Å². The minimum atomic E-state index is -0.162. The SMILES string of the molecule is CC(C)(C)c1ncc(C(=O)NCCC(=O)N2CCCc3ccccc32)s1. The highest BCUT2D eigenvalue weighted by Gasteiger charge is 2.23. The molecule has 0 radical (unpaired) electrons. The van der Waals surface area contributed by atoms with Gasteiger partial charge in [-0.2, -0.15) is 0 Å². The minimum Gasteiger partial charge on any atom is -0.351 e. The number of benzene rings is 1. The van der Waals surface area contributed by atoms with E-state index in [0.29, 0.717) is 17.8 Å². The number of thiazole rings is 1. The highest BCUT2D eigenvalue weighted by atomic mass is 32.1. The lowest BCUT2D eigenvalue weighted by Gasteiger charge is -2.29. The summed E-state index contributed by atoms with van der Waals surface area (Å²) in [6.45, 7) is 7.29. The number of nitrogens with one attached hydrogen (secondary N) is 1. The van der Waals surface area contributed by atoms with E-state index < -0.39 is 0 Å². The first-order valence-electron chi connectivity index (χ1n) is 8.99. The van der Waals surface area contributed by atoms with Crippen molar-refractivity contribution in [3.05, 3.63) is 45.9 Å². The summed E-state index contributed by atoms with van der Waals surface area (Å²) >= 11 is 1.41. The number of hydrogen-bond acceptors (Lipinski definition) is 4. The van der Waals surface area contributed by atoms with Gasteiger partial charge in [0.2, 0.25) is 5.91 Å². The van der Waals surface area contributed by atoms with E-state index in [1.54, 1.807) is 6.20 Å². The van der Waals surface area contributed by atoms with Gasteiger partial charge in [0.1, 0.15) is 4.88 Å². The third-order valence-electron chi connectivity index (χ3n) is 4.41. The van der Waals surface area contributed by atoms with E-state index in [9.17, 15) is 9.59 Å². The van der Waals surface area contributed by atoms with Crippen LogP contribution < -0.4 is 10.2 Å². The Morgan fingerprint density at radius 1 is 1.27 bits per heavy atom. The van der Waals surface area contributed by atoms with Gasteiger partial charge in [-0.1, -0.05) is 39.0 Å². The molecule has 0 bridgehead atoms. The second kappa shape index (κ2) is 7.58. The molecule has 2 amide bonds. The lowest BCUT2D eigenvalue weighted by atomic mass is 9.98. The van der Waals surface area contributed by atoms with Crippen LogP contribution in [0.15, 0.2) is 30.5 Å². The molecule has 0 atom stereocenters. The van der Waals surface area contributed by atoms with Crippen LogP contribution >= 0.6 is 11.3 Å². The average molecular weight is 372 g/mol. The fourth-order valence-corrected chi connectivity index (χ4v) is 3.91. The van der Waals surface area contributed by atoms with Crippen LogP contribution in [-0.4, -0.2) is 29.9 Å². The van der Waals surface area contributed by atoms with Crippen molar-refractivity contribution in [3.8, 4) is 0 Å². The smallest absolute Gasteiger partial charge is 0.263 e. The van der Waals surface area contributed by atoms with Gasteiger partial charge in [0.25, 0.3) is 5.91 Å². The normalized spacial score (nSPS) is 14.0. The number of fused-ring (bicyclic) bond motifs is 1. The van der Waals surface area contributed by atoms with Gasteiger partial charge in [0.05, 0.1) is 11.2 Å². The number of carbonyl (C=O) groups excluding carboxylic acids is 2. The molecule has 0 unspecified atom stereocenters. The van der Waals surface area contributed by atoms with Crippen LogP contribution in [0.4, 0.5) is 5.69 Å². The second-order valence-electron chi connectivity index (χ2n) is 7.56. The molecule has 0 saturated heterocycles. The number of aromatic nitrogens is 1. The molecule has 5 nitrogen and oxygen atoms in total. The number of amides is 2. The first kappa shape index (κ1) is 18.6. The molecule has 26 heavy (non-hydrogen) atoms. The zero-order chi connectivity index (χ0) is 18.7. The molecule has 0 saturated carbocycles. The summed E-state index contributed by atoms with van der Waals surface area (Å²) < 4.78 is 0. The van der Waals surface area contributed by atoms with Crippen molar-refractivity contribution < 1.29 is 9.59 Å². The number of carbonyl (C=O) groups is 2. The standard InChI is InChI=1S/C20H25N3O2S/c1-20(2,3)19-22-13-16(26-19)18(25)21-11-10-17(24)23-12-6-8-14-7-4-5-9-15(14)23/h4-5,7,9,13H,6,8,10-12H2,1-3H3,(H,21,25). The molecule has 1 aromatic heterocycles. The van der Waals surface area contributed by atoms with E-state index in [4.69, 9.17) is 0 Å². The van der Waals surface area contributed by atoms with Crippen LogP contribution in [0.2, 0.25) is 0 Å². The highest BCUT2D eigenvalue weighted by Crippen LogP contribution is 2.28. The maximum Gasteiger partial charge on any atom is 0.263 e. The Hall–Kier alpha value is -2.21. The summed E-state index contributed by atoms with van der Waals surface area (Å²) in [6, 6.07) is 8.04. The Labute approximate surface area is 158 Å². The van der Waals surface area contributed by atoms with Gasteiger partial charge >= 0.3 is 0 Å². The van der Waals surface area contributed by atoms with Gasteiger partial charge in [-0.25, -0.2) is 4.98 Å². The molecule has 138 valence electrons. The Morgan fingerprint density at radius 2 is 2.04 bits per heavy atom. The number of rotatable bonds is 4. The lowest BCUT2D eigenvalue weighted by molar-refractivity contribution is -0.118. The molecule has 2 heterocycles.